The van der Waals surface area contributed by atoms with E-state index < -0.39 is 0 Å². The van der Waals surface area contributed by atoms with Gasteiger partial charge in [0.05, 0.1) is 12.7 Å². The fourth-order valence-corrected chi connectivity index (χ4v) is 5.28. The van der Waals surface area contributed by atoms with Crippen molar-refractivity contribution in [2.75, 3.05) is 27.2 Å². The van der Waals surface area contributed by atoms with Gasteiger partial charge < -0.3 is 14.5 Å². The first-order valence-corrected chi connectivity index (χ1v) is 12.8. The zero-order chi connectivity index (χ0) is 24.6. The van der Waals surface area contributed by atoms with Crippen LogP contribution in [0.15, 0.2) is 71.7 Å². The SMILES string of the molecule is COc1cccc(CC(C2CCN(C(=O)/C=C/c3cccnc3)CC2)N(C)C(=O)c2ccsc2)c1. The second-order valence-corrected chi connectivity index (χ2v) is 9.61. The summed E-state index contributed by atoms with van der Waals surface area (Å²) in [6.45, 7) is 1.35. The van der Waals surface area contributed by atoms with Gasteiger partial charge in [-0.25, -0.2) is 0 Å². The van der Waals surface area contributed by atoms with Crippen molar-refractivity contribution in [2.45, 2.75) is 25.3 Å². The predicted octanol–water partition coefficient (Wildman–Crippen LogP) is 4.79. The van der Waals surface area contributed by atoms with Gasteiger partial charge in [0.15, 0.2) is 0 Å². The first kappa shape index (κ1) is 24.7. The van der Waals surface area contributed by atoms with Crippen LogP contribution in [0, 0.1) is 5.92 Å². The second kappa shape index (κ2) is 11.8. The Balaban J connectivity index is 1.45. The molecule has 0 aliphatic carbocycles. The number of ether oxygens (including phenoxy) is 1. The zero-order valence-corrected chi connectivity index (χ0v) is 21.0. The molecular weight excluding hydrogens is 458 g/mol. The zero-order valence-electron chi connectivity index (χ0n) is 20.2. The Morgan fingerprint density at radius 1 is 1.23 bits per heavy atom. The summed E-state index contributed by atoms with van der Waals surface area (Å²) in [5.74, 6) is 1.16. The molecule has 3 heterocycles. The summed E-state index contributed by atoms with van der Waals surface area (Å²) in [5, 5.41) is 3.83. The summed E-state index contributed by atoms with van der Waals surface area (Å²) >= 11 is 1.53. The number of methoxy groups -OCH3 is 1. The minimum absolute atomic E-state index is 0.0133. The lowest BCUT2D eigenvalue weighted by atomic mass is 9.84. The number of thiophene rings is 1. The lowest BCUT2D eigenvalue weighted by Crippen LogP contribution is -2.48. The van der Waals surface area contributed by atoms with Gasteiger partial charge in [-0.15, -0.1) is 0 Å². The molecule has 0 bridgehead atoms. The molecule has 0 spiro atoms. The van der Waals surface area contributed by atoms with Gasteiger partial charge in [0.25, 0.3) is 5.91 Å². The summed E-state index contributed by atoms with van der Waals surface area (Å²) in [7, 11) is 3.57. The van der Waals surface area contributed by atoms with E-state index in [-0.39, 0.29) is 17.9 Å². The first-order valence-electron chi connectivity index (χ1n) is 11.8. The number of hydrogen-bond acceptors (Lipinski definition) is 5. The van der Waals surface area contributed by atoms with Crippen LogP contribution in [0.5, 0.6) is 5.75 Å². The summed E-state index contributed by atoms with van der Waals surface area (Å²) in [6.07, 6.45) is 9.32. The van der Waals surface area contributed by atoms with Crippen molar-refractivity contribution in [3.8, 4) is 5.75 Å². The molecular formula is C28H31N3O3S. The van der Waals surface area contributed by atoms with Gasteiger partial charge in [-0.2, -0.15) is 11.3 Å². The molecule has 4 rings (SSSR count). The van der Waals surface area contributed by atoms with Crippen molar-refractivity contribution in [3.63, 3.8) is 0 Å². The molecule has 2 aromatic heterocycles. The molecule has 1 unspecified atom stereocenters. The number of amides is 2. The number of likely N-dealkylation sites (tertiary alicyclic amines) is 1. The van der Waals surface area contributed by atoms with Crippen LogP contribution in [-0.2, 0) is 11.2 Å². The Morgan fingerprint density at radius 3 is 2.74 bits per heavy atom. The third-order valence-electron chi connectivity index (χ3n) is 6.66. The van der Waals surface area contributed by atoms with E-state index in [1.807, 2.05) is 64.0 Å². The Bertz CT molecular complexity index is 1140. The standard InChI is InChI=1S/C28H31N3O3S/c1-30(28(33)24-12-16-35-20-24)26(18-22-5-3-7-25(17-22)34-2)23-10-14-31(15-11-23)27(32)9-8-21-6-4-13-29-19-21/h3-9,12-13,16-17,19-20,23,26H,10-11,14-15,18H2,1-2H3/b9-8+. The van der Waals surface area contributed by atoms with Gasteiger partial charge in [-0.1, -0.05) is 18.2 Å². The van der Waals surface area contributed by atoms with E-state index in [4.69, 9.17) is 4.74 Å². The minimum Gasteiger partial charge on any atom is -0.497 e. The number of carbonyl (C=O) groups excluding carboxylic acids is 2. The number of rotatable bonds is 8. The molecule has 1 saturated heterocycles. The number of carbonyl (C=O) groups is 2. The topological polar surface area (TPSA) is 62.7 Å². The lowest BCUT2D eigenvalue weighted by molar-refractivity contribution is -0.127. The first-order chi connectivity index (χ1) is 17.0. The highest BCUT2D eigenvalue weighted by atomic mass is 32.1. The molecule has 35 heavy (non-hydrogen) atoms. The van der Waals surface area contributed by atoms with Crippen LogP contribution in [0.1, 0.15) is 34.3 Å². The van der Waals surface area contributed by atoms with Crippen LogP contribution in [0.2, 0.25) is 0 Å². The molecule has 1 aliphatic rings. The van der Waals surface area contributed by atoms with Crippen LogP contribution in [0.25, 0.3) is 6.08 Å². The lowest BCUT2D eigenvalue weighted by Gasteiger charge is -2.40. The molecule has 7 heteroatoms. The predicted molar refractivity (Wildman–Crippen MR) is 139 cm³/mol. The Labute approximate surface area is 210 Å². The van der Waals surface area contributed by atoms with Gasteiger partial charge >= 0.3 is 0 Å². The fourth-order valence-electron chi connectivity index (χ4n) is 4.65. The number of hydrogen-bond donors (Lipinski definition) is 0. The van der Waals surface area contributed by atoms with E-state index in [0.29, 0.717) is 19.0 Å². The van der Waals surface area contributed by atoms with Crippen molar-refractivity contribution >= 4 is 29.2 Å². The average molecular weight is 490 g/mol. The Kier molecular flexibility index (Phi) is 8.32. The molecule has 1 atom stereocenters. The molecule has 6 nitrogen and oxygen atoms in total. The molecule has 3 aromatic rings. The van der Waals surface area contributed by atoms with Crippen LogP contribution >= 0.6 is 11.3 Å². The highest BCUT2D eigenvalue weighted by Gasteiger charge is 2.33. The van der Waals surface area contributed by atoms with Crippen LogP contribution < -0.4 is 4.74 Å². The monoisotopic (exact) mass is 489 g/mol. The fraction of sp³-hybridized carbons (Fsp3) is 0.321. The van der Waals surface area contributed by atoms with Crippen molar-refractivity contribution in [1.29, 1.82) is 0 Å². The second-order valence-electron chi connectivity index (χ2n) is 8.83. The molecule has 182 valence electrons. The highest BCUT2D eigenvalue weighted by Crippen LogP contribution is 2.28. The van der Waals surface area contributed by atoms with Crippen molar-refractivity contribution in [1.82, 2.24) is 14.8 Å². The van der Waals surface area contributed by atoms with Crippen molar-refractivity contribution in [2.24, 2.45) is 5.92 Å². The molecule has 0 radical (unpaired) electrons. The van der Waals surface area contributed by atoms with Gasteiger partial charge in [-0.3, -0.25) is 14.6 Å². The number of aromatic nitrogens is 1. The maximum atomic E-state index is 13.2. The number of piperidine rings is 1. The largest absolute Gasteiger partial charge is 0.497 e. The summed E-state index contributed by atoms with van der Waals surface area (Å²) in [5.41, 5.74) is 2.76. The van der Waals surface area contributed by atoms with E-state index >= 15 is 0 Å². The molecule has 2 amide bonds. The van der Waals surface area contributed by atoms with E-state index in [2.05, 4.69) is 11.1 Å². The molecule has 0 N–H and O–H groups in total. The third kappa shape index (κ3) is 6.36. The number of likely N-dealkylation sites (N-methyl/N-ethyl adjacent to an activating group) is 1. The van der Waals surface area contributed by atoms with E-state index in [9.17, 15) is 9.59 Å². The molecule has 1 aliphatic heterocycles. The molecule has 0 saturated carbocycles. The normalized spacial score (nSPS) is 15.2. The van der Waals surface area contributed by atoms with Gasteiger partial charge in [0.1, 0.15) is 5.75 Å². The number of pyridine rings is 1. The van der Waals surface area contributed by atoms with E-state index in [0.717, 1.165) is 41.7 Å². The number of benzene rings is 1. The van der Waals surface area contributed by atoms with Gasteiger partial charge in [0, 0.05) is 50.0 Å². The molecule has 1 aromatic carbocycles. The van der Waals surface area contributed by atoms with Crippen molar-refractivity contribution in [3.05, 3.63) is 88.4 Å². The average Bonchev–Trinajstić information content (AvgIpc) is 3.45. The van der Waals surface area contributed by atoms with Crippen LogP contribution in [-0.4, -0.2) is 59.9 Å². The highest BCUT2D eigenvalue weighted by molar-refractivity contribution is 7.08. The number of nitrogens with zero attached hydrogens (tertiary/aromatic N) is 3. The minimum atomic E-state index is 0.0133. The van der Waals surface area contributed by atoms with Gasteiger partial charge in [0.2, 0.25) is 5.91 Å². The maximum absolute atomic E-state index is 13.2. The van der Waals surface area contributed by atoms with Crippen LogP contribution in [0.3, 0.4) is 0 Å². The van der Waals surface area contributed by atoms with Gasteiger partial charge in [-0.05, 0) is 72.0 Å². The quantitative estimate of drug-likeness (QED) is 0.427. The van der Waals surface area contributed by atoms with Crippen molar-refractivity contribution < 1.29 is 14.3 Å². The summed E-state index contributed by atoms with van der Waals surface area (Å²) in [6, 6.07) is 13.7. The van der Waals surface area contributed by atoms with Crippen LogP contribution in [0.4, 0.5) is 0 Å². The Hall–Kier alpha value is -3.45. The van der Waals surface area contributed by atoms with E-state index in [1.165, 1.54) is 11.3 Å². The smallest absolute Gasteiger partial charge is 0.254 e. The third-order valence-corrected chi connectivity index (χ3v) is 7.35. The summed E-state index contributed by atoms with van der Waals surface area (Å²) < 4.78 is 5.41. The Morgan fingerprint density at radius 2 is 2.06 bits per heavy atom. The summed E-state index contributed by atoms with van der Waals surface area (Å²) in [4.78, 5) is 33.8. The van der Waals surface area contributed by atoms with E-state index in [1.54, 1.807) is 31.7 Å². The molecule has 1 fully saturated rings. The maximum Gasteiger partial charge on any atom is 0.254 e.